The molecule has 0 N–H and O–H groups in total. The summed E-state index contributed by atoms with van der Waals surface area (Å²) >= 11 is 0. The van der Waals surface area contributed by atoms with Gasteiger partial charge in [0.25, 0.3) is 0 Å². The molecular weight excluding hydrogens is 104 g/mol. The van der Waals surface area contributed by atoms with Crippen molar-refractivity contribution in [2.75, 3.05) is 13.2 Å². The maximum atomic E-state index is 5.03. The van der Waals surface area contributed by atoms with Gasteiger partial charge < -0.3 is 9.47 Å². The van der Waals surface area contributed by atoms with E-state index in [1.165, 1.54) is 12.8 Å². The van der Waals surface area contributed by atoms with Gasteiger partial charge in [0.2, 0.25) is 0 Å². The fraction of sp³-hybridized carbons (Fsp3) is 1.00. The molecule has 2 saturated heterocycles. The van der Waals surface area contributed by atoms with E-state index in [1.54, 1.807) is 0 Å². The van der Waals surface area contributed by atoms with Crippen molar-refractivity contribution in [1.29, 1.82) is 0 Å². The molecule has 0 spiro atoms. The van der Waals surface area contributed by atoms with E-state index in [0.29, 0.717) is 12.2 Å². The minimum Gasteiger partial charge on any atom is -0.373 e. The van der Waals surface area contributed by atoms with Gasteiger partial charge in [0.05, 0.1) is 25.4 Å². The van der Waals surface area contributed by atoms with Crippen LogP contribution in [-0.4, -0.2) is 25.4 Å². The van der Waals surface area contributed by atoms with Gasteiger partial charge in [-0.2, -0.15) is 0 Å². The average molecular weight is 114 g/mol. The summed E-state index contributed by atoms with van der Waals surface area (Å²) in [6.45, 7) is 1.99. The Hall–Kier alpha value is -0.0800. The SMILES string of the molecule is C(C[C@H]1CO1)[C@H]1CO1. The van der Waals surface area contributed by atoms with E-state index in [-0.39, 0.29) is 0 Å². The zero-order valence-corrected chi connectivity index (χ0v) is 4.80. The molecule has 2 aliphatic rings. The van der Waals surface area contributed by atoms with Gasteiger partial charge in [-0.1, -0.05) is 0 Å². The number of ether oxygens (including phenoxy) is 2. The molecule has 2 rings (SSSR count). The van der Waals surface area contributed by atoms with E-state index >= 15 is 0 Å². The Morgan fingerprint density at radius 1 is 1.00 bits per heavy atom. The topological polar surface area (TPSA) is 25.1 Å². The molecule has 0 unspecified atom stereocenters. The Balaban J connectivity index is 1.56. The van der Waals surface area contributed by atoms with E-state index in [4.69, 9.17) is 9.47 Å². The molecule has 8 heavy (non-hydrogen) atoms. The summed E-state index contributed by atoms with van der Waals surface area (Å²) in [5.41, 5.74) is 0. The fourth-order valence-corrected chi connectivity index (χ4v) is 0.841. The molecule has 0 aliphatic carbocycles. The summed E-state index contributed by atoms with van der Waals surface area (Å²) in [4.78, 5) is 0. The predicted molar refractivity (Wildman–Crippen MR) is 28.7 cm³/mol. The average Bonchev–Trinajstić information content (AvgIpc) is 2.60. The molecule has 2 fully saturated rings. The van der Waals surface area contributed by atoms with E-state index in [9.17, 15) is 0 Å². The molecule has 0 aromatic rings. The smallest absolute Gasteiger partial charge is 0.0810 e. The van der Waals surface area contributed by atoms with Crippen LogP contribution in [-0.2, 0) is 9.47 Å². The van der Waals surface area contributed by atoms with Crippen LogP contribution in [0.2, 0.25) is 0 Å². The zero-order valence-electron chi connectivity index (χ0n) is 4.80. The molecule has 46 valence electrons. The molecule has 0 saturated carbocycles. The van der Waals surface area contributed by atoms with Gasteiger partial charge in [0, 0.05) is 0 Å². The second kappa shape index (κ2) is 1.71. The summed E-state index contributed by atoms with van der Waals surface area (Å²) < 4.78 is 10.1. The van der Waals surface area contributed by atoms with Crippen molar-refractivity contribution in [3.05, 3.63) is 0 Å². The first-order chi connectivity index (χ1) is 3.95. The number of epoxide rings is 2. The molecule has 0 amide bonds. The van der Waals surface area contributed by atoms with Crippen LogP contribution in [0.1, 0.15) is 12.8 Å². The summed E-state index contributed by atoms with van der Waals surface area (Å²) in [5, 5.41) is 0. The quantitative estimate of drug-likeness (QED) is 0.501. The standard InChI is InChI=1S/C6H10O2/c1(5-3-7-5)2-6-4-8-6/h5-6H,1-4H2/t5-,6-/m0/s1. The second-order valence-electron chi connectivity index (χ2n) is 2.49. The Labute approximate surface area is 48.8 Å². The van der Waals surface area contributed by atoms with Crippen LogP contribution in [0.4, 0.5) is 0 Å². The third kappa shape index (κ3) is 1.20. The molecule has 2 heterocycles. The van der Waals surface area contributed by atoms with Gasteiger partial charge in [0.1, 0.15) is 0 Å². The van der Waals surface area contributed by atoms with Crippen molar-refractivity contribution in [1.82, 2.24) is 0 Å². The van der Waals surface area contributed by atoms with Crippen LogP contribution in [0.25, 0.3) is 0 Å². The van der Waals surface area contributed by atoms with Crippen LogP contribution in [0.3, 0.4) is 0 Å². The first-order valence-electron chi connectivity index (χ1n) is 3.18. The van der Waals surface area contributed by atoms with Gasteiger partial charge in [-0.05, 0) is 12.8 Å². The maximum Gasteiger partial charge on any atom is 0.0810 e. The lowest BCUT2D eigenvalue weighted by molar-refractivity contribution is 0.356. The summed E-state index contributed by atoms with van der Waals surface area (Å²) in [6.07, 6.45) is 3.62. The van der Waals surface area contributed by atoms with Crippen LogP contribution in [0.5, 0.6) is 0 Å². The highest BCUT2D eigenvalue weighted by molar-refractivity contribution is 4.75. The molecule has 2 atom stereocenters. The molecule has 0 aromatic heterocycles. The maximum absolute atomic E-state index is 5.03. The lowest BCUT2D eigenvalue weighted by Crippen LogP contribution is -1.89. The highest BCUT2D eigenvalue weighted by Gasteiger charge is 2.28. The Morgan fingerprint density at radius 2 is 1.38 bits per heavy atom. The molecule has 0 radical (unpaired) electrons. The lowest BCUT2D eigenvalue weighted by atomic mass is 10.2. The third-order valence-corrected chi connectivity index (χ3v) is 1.62. The van der Waals surface area contributed by atoms with E-state index < -0.39 is 0 Å². The molecule has 0 aromatic carbocycles. The molecule has 2 nitrogen and oxygen atoms in total. The normalized spacial score (nSPS) is 42.0. The van der Waals surface area contributed by atoms with E-state index in [0.717, 1.165) is 13.2 Å². The van der Waals surface area contributed by atoms with Gasteiger partial charge >= 0.3 is 0 Å². The van der Waals surface area contributed by atoms with Crippen LogP contribution in [0, 0.1) is 0 Å². The van der Waals surface area contributed by atoms with Crippen molar-refractivity contribution in [2.45, 2.75) is 25.0 Å². The minimum atomic E-state index is 0.596. The molecule has 0 bridgehead atoms. The number of hydrogen-bond acceptors (Lipinski definition) is 2. The zero-order chi connectivity index (χ0) is 5.40. The first-order valence-corrected chi connectivity index (χ1v) is 3.18. The summed E-state index contributed by atoms with van der Waals surface area (Å²) in [5.74, 6) is 0. The molecule has 2 aliphatic heterocycles. The highest BCUT2D eigenvalue weighted by Crippen LogP contribution is 2.22. The Kier molecular flexibility index (Phi) is 1.02. The third-order valence-electron chi connectivity index (χ3n) is 1.62. The number of hydrogen-bond donors (Lipinski definition) is 0. The Bertz CT molecular complexity index is 72.5. The monoisotopic (exact) mass is 114 g/mol. The predicted octanol–water partition coefficient (Wildman–Crippen LogP) is 0.564. The summed E-state index contributed by atoms with van der Waals surface area (Å²) in [6, 6.07) is 0. The van der Waals surface area contributed by atoms with Crippen LogP contribution >= 0.6 is 0 Å². The second-order valence-corrected chi connectivity index (χ2v) is 2.49. The molecule has 2 heteroatoms. The van der Waals surface area contributed by atoms with Gasteiger partial charge in [-0.3, -0.25) is 0 Å². The first kappa shape index (κ1) is 4.77. The fourth-order valence-electron chi connectivity index (χ4n) is 0.841. The van der Waals surface area contributed by atoms with Gasteiger partial charge in [-0.15, -0.1) is 0 Å². The van der Waals surface area contributed by atoms with Crippen molar-refractivity contribution >= 4 is 0 Å². The molecular formula is C6H10O2. The number of rotatable bonds is 3. The van der Waals surface area contributed by atoms with Gasteiger partial charge in [-0.25, -0.2) is 0 Å². The van der Waals surface area contributed by atoms with E-state index in [1.807, 2.05) is 0 Å². The largest absolute Gasteiger partial charge is 0.373 e. The highest BCUT2D eigenvalue weighted by atomic mass is 16.6. The summed E-state index contributed by atoms with van der Waals surface area (Å²) in [7, 11) is 0. The van der Waals surface area contributed by atoms with Crippen molar-refractivity contribution in [3.8, 4) is 0 Å². The van der Waals surface area contributed by atoms with Crippen molar-refractivity contribution in [2.24, 2.45) is 0 Å². The van der Waals surface area contributed by atoms with E-state index in [2.05, 4.69) is 0 Å². The van der Waals surface area contributed by atoms with Crippen LogP contribution < -0.4 is 0 Å². The van der Waals surface area contributed by atoms with Crippen molar-refractivity contribution in [3.63, 3.8) is 0 Å². The van der Waals surface area contributed by atoms with Crippen molar-refractivity contribution < 1.29 is 9.47 Å². The van der Waals surface area contributed by atoms with Gasteiger partial charge in [0.15, 0.2) is 0 Å². The minimum absolute atomic E-state index is 0.596. The lowest BCUT2D eigenvalue weighted by Gasteiger charge is -1.86. The van der Waals surface area contributed by atoms with Crippen LogP contribution in [0.15, 0.2) is 0 Å². The Morgan fingerprint density at radius 3 is 1.62 bits per heavy atom.